The maximum atomic E-state index is 12.2. The van der Waals surface area contributed by atoms with Crippen molar-refractivity contribution in [1.29, 1.82) is 0 Å². The first kappa shape index (κ1) is 11.2. The summed E-state index contributed by atoms with van der Waals surface area (Å²) in [6, 6.07) is 3.82. The van der Waals surface area contributed by atoms with E-state index in [0.29, 0.717) is 0 Å². The molecule has 92 valence electrons. The van der Waals surface area contributed by atoms with Crippen LogP contribution in [0.25, 0.3) is 0 Å². The number of ether oxygens (including phenoxy) is 1. The summed E-state index contributed by atoms with van der Waals surface area (Å²) < 4.78 is 5.86. The molecule has 2 atom stereocenters. The van der Waals surface area contributed by atoms with E-state index in [9.17, 15) is 4.79 Å². The van der Waals surface area contributed by atoms with Crippen LogP contribution in [0.4, 0.5) is 0 Å². The van der Waals surface area contributed by atoms with E-state index >= 15 is 0 Å². The van der Waals surface area contributed by atoms with Crippen molar-refractivity contribution in [2.24, 2.45) is 0 Å². The molecular weight excluding hydrogens is 236 g/mol. The Hall–Kier alpha value is -0.910. The molecule has 2 bridgehead atoms. The monoisotopic (exact) mass is 252 g/mol. The smallest absolute Gasteiger partial charge is 0.264 e. The SMILES string of the molecule is CN1CC2CN(C(=O)c3cccs3)CC(C1)O2. The molecule has 2 aliphatic heterocycles. The van der Waals surface area contributed by atoms with Gasteiger partial charge in [0.15, 0.2) is 0 Å². The molecule has 3 rings (SSSR count). The van der Waals surface area contributed by atoms with Gasteiger partial charge < -0.3 is 14.5 Å². The van der Waals surface area contributed by atoms with Gasteiger partial charge in [0, 0.05) is 26.2 Å². The van der Waals surface area contributed by atoms with Crippen LogP contribution >= 0.6 is 11.3 Å². The summed E-state index contributed by atoms with van der Waals surface area (Å²) in [6.07, 6.45) is 0.354. The molecule has 2 saturated heterocycles. The summed E-state index contributed by atoms with van der Waals surface area (Å²) in [5, 5.41) is 1.95. The molecule has 17 heavy (non-hydrogen) atoms. The zero-order valence-electron chi connectivity index (χ0n) is 9.83. The quantitative estimate of drug-likeness (QED) is 0.744. The van der Waals surface area contributed by atoms with Crippen molar-refractivity contribution in [3.05, 3.63) is 22.4 Å². The number of hydrogen-bond acceptors (Lipinski definition) is 4. The number of thiophene rings is 1. The second kappa shape index (κ2) is 4.40. The zero-order chi connectivity index (χ0) is 11.8. The molecule has 4 nitrogen and oxygen atoms in total. The first-order chi connectivity index (χ1) is 8.22. The van der Waals surface area contributed by atoms with Crippen LogP contribution in [0.2, 0.25) is 0 Å². The third-order valence-corrected chi connectivity index (χ3v) is 4.14. The number of fused-ring (bicyclic) bond motifs is 2. The van der Waals surface area contributed by atoms with E-state index in [0.717, 1.165) is 31.1 Å². The molecule has 0 aromatic carbocycles. The van der Waals surface area contributed by atoms with Crippen LogP contribution in [-0.4, -0.2) is 61.1 Å². The van der Waals surface area contributed by atoms with Crippen molar-refractivity contribution < 1.29 is 9.53 Å². The van der Waals surface area contributed by atoms with E-state index in [-0.39, 0.29) is 18.1 Å². The number of hydrogen-bond donors (Lipinski definition) is 0. The van der Waals surface area contributed by atoms with Gasteiger partial charge >= 0.3 is 0 Å². The van der Waals surface area contributed by atoms with Crippen molar-refractivity contribution >= 4 is 17.2 Å². The first-order valence-corrected chi connectivity index (χ1v) is 6.77. The largest absolute Gasteiger partial charge is 0.369 e. The van der Waals surface area contributed by atoms with Crippen LogP contribution in [0.1, 0.15) is 9.67 Å². The average Bonchev–Trinajstić information content (AvgIpc) is 2.79. The van der Waals surface area contributed by atoms with Crippen molar-refractivity contribution in [3.8, 4) is 0 Å². The van der Waals surface area contributed by atoms with Gasteiger partial charge in [0.2, 0.25) is 0 Å². The molecule has 5 heteroatoms. The van der Waals surface area contributed by atoms with E-state index in [4.69, 9.17) is 4.74 Å². The third kappa shape index (κ3) is 2.22. The Morgan fingerprint density at radius 1 is 1.35 bits per heavy atom. The number of nitrogens with zero attached hydrogens (tertiary/aromatic N) is 2. The molecule has 0 aliphatic carbocycles. The number of morpholine rings is 2. The van der Waals surface area contributed by atoms with Crippen molar-refractivity contribution in [2.45, 2.75) is 12.2 Å². The van der Waals surface area contributed by atoms with Gasteiger partial charge in [-0.1, -0.05) is 6.07 Å². The fourth-order valence-electron chi connectivity index (χ4n) is 2.62. The fourth-order valence-corrected chi connectivity index (χ4v) is 3.31. The summed E-state index contributed by atoms with van der Waals surface area (Å²) in [4.78, 5) is 17.3. The minimum absolute atomic E-state index is 0.155. The van der Waals surface area contributed by atoms with Crippen LogP contribution in [0.15, 0.2) is 17.5 Å². The first-order valence-electron chi connectivity index (χ1n) is 5.89. The van der Waals surface area contributed by atoms with Crippen molar-refractivity contribution in [2.75, 3.05) is 33.2 Å². The van der Waals surface area contributed by atoms with E-state index < -0.39 is 0 Å². The number of likely N-dealkylation sites (N-methyl/N-ethyl adjacent to an activating group) is 1. The van der Waals surface area contributed by atoms with Gasteiger partial charge in [0.25, 0.3) is 5.91 Å². The third-order valence-electron chi connectivity index (χ3n) is 3.28. The van der Waals surface area contributed by atoms with Crippen molar-refractivity contribution in [3.63, 3.8) is 0 Å². The highest BCUT2D eigenvalue weighted by Gasteiger charge is 2.35. The average molecular weight is 252 g/mol. The lowest BCUT2D eigenvalue weighted by molar-refractivity contribution is -0.124. The van der Waals surface area contributed by atoms with Gasteiger partial charge in [-0.15, -0.1) is 11.3 Å². The van der Waals surface area contributed by atoms with Crippen LogP contribution in [0.3, 0.4) is 0 Å². The predicted octanol–water partition coefficient (Wildman–Crippen LogP) is 0.903. The molecule has 3 heterocycles. The predicted molar refractivity (Wildman–Crippen MR) is 66.4 cm³/mol. The zero-order valence-corrected chi connectivity index (χ0v) is 10.7. The van der Waals surface area contributed by atoms with Gasteiger partial charge in [0.1, 0.15) is 0 Å². The van der Waals surface area contributed by atoms with Gasteiger partial charge in [-0.25, -0.2) is 0 Å². The number of amides is 1. The lowest BCUT2D eigenvalue weighted by Gasteiger charge is -2.44. The Balaban J connectivity index is 1.72. The lowest BCUT2D eigenvalue weighted by atomic mass is 10.1. The molecule has 0 N–H and O–H groups in total. The lowest BCUT2D eigenvalue weighted by Crippen LogP contribution is -2.59. The number of carbonyl (C=O) groups is 1. The molecule has 2 unspecified atom stereocenters. The second-order valence-corrected chi connectivity index (χ2v) is 5.74. The van der Waals surface area contributed by atoms with Crippen LogP contribution in [-0.2, 0) is 4.74 Å². The Morgan fingerprint density at radius 3 is 2.65 bits per heavy atom. The molecule has 1 amide bonds. The number of carbonyl (C=O) groups excluding carboxylic acids is 1. The van der Waals surface area contributed by atoms with Crippen LogP contribution in [0, 0.1) is 0 Å². The minimum Gasteiger partial charge on any atom is -0.369 e. The van der Waals surface area contributed by atoms with E-state index in [1.807, 2.05) is 22.4 Å². The molecule has 0 saturated carbocycles. The van der Waals surface area contributed by atoms with Crippen LogP contribution < -0.4 is 0 Å². The number of rotatable bonds is 1. The molecule has 2 aliphatic rings. The summed E-state index contributed by atoms with van der Waals surface area (Å²) in [7, 11) is 2.11. The fraction of sp³-hybridized carbons (Fsp3) is 0.583. The highest BCUT2D eigenvalue weighted by molar-refractivity contribution is 7.12. The standard InChI is InChI=1S/C12H16N2O2S/c1-13-5-9-7-14(8-10(6-13)16-9)12(15)11-3-2-4-17-11/h2-4,9-10H,5-8H2,1H3. The molecule has 2 fully saturated rings. The Kier molecular flexibility index (Phi) is 2.90. The summed E-state index contributed by atoms with van der Waals surface area (Å²) >= 11 is 1.51. The van der Waals surface area contributed by atoms with Gasteiger partial charge in [-0.05, 0) is 18.5 Å². The molecule has 1 aromatic rings. The Bertz CT molecular complexity index is 389. The van der Waals surface area contributed by atoms with E-state index in [1.165, 1.54) is 11.3 Å². The molecule has 1 aromatic heterocycles. The van der Waals surface area contributed by atoms with Gasteiger partial charge in [-0.2, -0.15) is 0 Å². The topological polar surface area (TPSA) is 32.8 Å². The minimum atomic E-state index is 0.155. The van der Waals surface area contributed by atoms with Gasteiger partial charge in [0.05, 0.1) is 17.1 Å². The Morgan fingerprint density at radius 2 is 2.06 bits per heavy atom. The van der Waals surface area contributed by atoms with Crippen LogP contribution in [0.5, 0.6) is 0 Å². The summed E-state index contributed by atoms with van der Waals surface area (Å²) in [5.41, 5.74) is 0. The maximum Gasteiger partial charge on any atom is 0.264 e. The van der Waals surface area contributed by atoms with Crippen molar-refractivity contribution in [1.82, 2.24) is 9.80 Å². The summed E-state index contributed by atoms with van der Waals surface area (Å²) in [5.74, 6) is 0.155. The summed E-state index contributed by atoms with van der Waals surface area (Å²) in [6.45, 7) is 3.28. The highest BCUT2D eigenvalue weighted by atomic mass is 32.1. The molecular formula is C12H16N2O2S. The van der Waals surface area contributed by atoms with Gasteiger partial charge in [-0.3, -0.25) is 4.79 Å². The highest BCUT2D eigenvalue weighted by Crippen LogP contribution is 2.21. The Labute approximate surface area is 105 Å². The van der Waals surface area contributed by atoms with E-state index in [2.05, 4.69) is 11.9 Å². The maximum absolute atomic E-state index is 12.2. The second-order valence-electron chi connectivity index (χ2n) is 4.79. The molecule has 0 spiro atoms. The normalized spacial score (nSPS) is 29.4. The molecule has 0 radical (unpaired) electrons. The van der Waals surface area contributed by atoms with E-state index in [1.54, 1.807) is 0 Å².